The number of nitrogen functional groups attached to an aromatic ring is 1. The van der Waals surface area contributed by atoms with Gasteiger partial charge in [-0.1, -0.05) is 0 Å². The molecule has 3 rings (SSSR count). The van der Waals surface area contributed by atoms with Crippen LogP contribution in [0.3, 0.4) is 0 Å². The number of carbonyl (C=O) groups is 1. The van der Waals surface area contributed by atoms with E-state index in [1.165, 1.54) is 16.8 Å². The van der Waals surface area contributed by atoms with Gasteiger partial charge in [-0.15, -0.1) is 0 Å². The minimum Gasteiger partial charge on any atom is -0.381 e. The quantitative estimate of drug-likeness (QED) is 0.858. The molecule has 8 nitrogen and oxygen atoms in total. The number of nitriles is 2. The first-order valence-electron chi connectivity index (χ1n) is 8.44. The maximum atomic E-state index is 13.0. The van der Waals surface area contributed by atoms with Gasteiger partial charge in [0.15, 0.2) is 5.82 Å². The van der Waals surface area contributed by atoms with Crippen LogP contribution in [-0.4, -0.2) is 46.8 Å². The number of nitrogens with zero attached hydrogens (tertiary/aromatic N) is 6. The molecule has 0 atom stereocenters. The smallest absolute Gasteiger partial charge is 0.244 e. The van der Waals surface area contributed by atoms with Gasteiger partial charge in [0.2, 0.25) is 5.91 Å². The van der Waals surface area contributed by atoms with E-state index in [0.717, 1.165) is 5.69 Å². The molecule has 0 spiro atoms. The zero-order valence-electron chi connectivity index (χ0n) is 14.6. The highest BCUT2D eigenvalue weighted by molar-refractivity contribution is 5.76. The molecule has 0 aliphatic carbocycles. The van der Waals surface area contributed by atoms with Crippen LogP contribution in [-0.2, 0) is 17.8 Å². The van der Waals surface area contributed by atoms with Gasteiger partial charge in [0.25, 0.3) is 0 Å². The Morgan fingerprint density at radius 1 is 1.19 bits per heavy atom. The average Bonchev–Trinajstić information content (AvgIpc) is 2.97. The molecule has 2 N–H and O–H groups in total. The van der Waals surface area contributed by atoms with Crippen LogP contribution in [0.2, 0.25) is 0 Å². The zero-order valence-corrected chi connectivity index (χ0v) is 14.6. The lowest BCUT2D eigenvalue weighted by molar-refractivity contribution is -0.132. The molecule has 1 aromatic heterocycles. The van der Waals surface area contributed by atoms with Crippen LogP contribution in [0.5, 0.6) is 0 Å². The predicted molar refractivity (Wildman–Crippen MR) is 95.9 cm³/mol. The standard InChI is InChI=1S/C18H18FN7O/c19-13-1-3-14(4-2-13)24-7-9-25(10-8-24)17(27)12-26-16(5-6-20)15(11-21)18(22)23-26/h1-4H,5,7-10,12H2,(H2,22,23). The summed E-state index contributed by atoms with van der Waals surface area (Å²) in [6, 6.07) is 10.2. The molecule has 27 heavy (non-hydrogen) atoms. The largest absolute Gasteiger partial charge is 0.381 e. The second-order valence-electron chi connectivity index (χ2n) is 6.16. The summed E-state index contributed by atoms with van der Waals surface area (Å²) in [4.78, 5) is 16.4. The normalized spacial score (nSPS) is 13.9. The molecule has 1 amide bonds. The van der Waals surface area contributed by atoms with Gasteiger partial charge in [-0.3, -0.25) is 9.48 Å². The highest BCUT2D eigenvalue weighted by Gasteiger charge is 2.24. The molecule has 1 aliphatic heterocycles. The Balaban J connectivity index is 1.64. The molecule has 0 saturated carbocycles. The Bertz CT molecular complexity index is 915. The third kappa shape index (κ3) is 3.82. The summed E-state index contributed by atoms with van der Waals surface area (Å²) in [5, 5.41) is 22.1. The Labute approximate surface area is 155 Å². The highest BCUT2D eigenvalue weighted by atomic mass is 19.1. The second kappa shape index (κ2) is 7.75. The van der Waals surface area contributed by atoms with Crippen molar-refractivity contribution in [1.82, 2.24) is 14.7 Å². The summed E-state index contributed by atoms with van der Waals surface area (Å²) < 4.78 is 14.4. The molecule has 1 aliphatic rings. The predicted octanol–water partition coefficient (Wildman–Crippen LogP) is 0.891. The van der Waals surface area contributed by atoms with Gasteiger partial charge in [0.05, 0.1) is 18.2 Å². The van der Waals surface area contributed by atoms with Crippen LogP contribution in [0.15, 0.2) is 24.3 Å². The van der Waals surface area contributed by atoms with Gasteiger partial charge >= 0.3 is 0 Å². The van der Waals surface area contributed by atoms with Crippen LogP contribution in [0.1, 0.15) is 11.3 Å². The molecule has 0 radical (unpaired) electrons. The fourth-order valence-electron chi connectivity index (χ4n) is 3.12. The lowest BCUT2D eigenvalue weighted by Crippen LogP contribution is -2.49. The lowest BCUT2D eigenvalue weighted by Gasteiger charge is -2.36. The van der Waals surface area contributed by atoms with Gasteiger partial charge in [0, 0.05) is 31.9 Å². The SMILES string of the molecule is N#CCc1c(C#N)c(N)nn1CC(=O)N1CCN(c2ccc(F)cc2)CC1. The van der Waals surface area contributed by atoms with Crippen molar-refractivity contribution in [2.75, 3.05) is 36.8 Å². The van der Waals surface area contributed by atoms with Crippen LogP contribution >= 0.6 is 0 Å². The number of carbonyl (C=O) groups excluding carboxylic acids is 1. The summed E-state index contributed by atoms with van der Waals surface area (Å²) in [6.45, 7) is 2.23. The van der Waals surface area contributed by atoms with Gasteiger partial charge < -0.3 is 15.5 Å². The first-order chi connectivity index (χ1) is 13.0. The third-order valence-electron chi connectivity index (χ3n) is 4.55. The van der Waals surface area contributed by atoms with Crippen molar-refractivity contribution in [3.63, 3.8) is 0 Å². The third-order valence-corrected chi connectivity index (χ3v) is 4.55. The molecule has 138 valence electrons. The van der Waals surface area contributed by atoms with Crippen molar-refractivity contribution in [2.45, 2.75) is 13.0 Å². The highest BCUT2D eigenvalue weighted by Crippen LogP contribution is 2.19. The van der Waals surface area contributed by atoms with Crippen molar-refractivity contribution < 1.29 is 9.18 Å². The number of amides is 1. The number of nitrogens with two attached hydrogens (primary N) is 1. The summed E-state index contributed by atoms with van der Waals surface area (Å²) in [5.41, 5.74) is 7.12. The monoisotopic (exact) mass is 367 g/mol. The van der Waals surface area contributed by atoms with E-state index in [9.17, 15) is 9.18 Å². The Morgan fingerprint density at radius 2 is 1.85 bits per heavy atom. The van der Waals surface area contributed by atoms with Crippen LogP contribution in [0.4, 0.5) is 15.9 Å². The number of benzene rings is 1. The van der Waals surface area contributed by atoms with E-state index in [0.29, 0.717) is 31.9 Å². The number of anilines is 2. The molecule has 2 heterocycles. The fraction of sp³-hybridized carbons (Fsp3) is 0.333. The molecule has 2 aromatic rings. The van der Waals surface area contributed by atoms with Gasteiger partial charge in [-0.05, 0) is 24.3 Å². The van der Waals surface area contributed by atoms with E-state index in [4.69, 9.17) is 16.3 Å². The molecule has 1 aromatic carbocycles. The maximum Gasteiger partial charge on any atom is 0.244 e. The van der Waals surface area contributed by atoms with Crippen LogP contribution in [0, 0.1) is 28.5 Å². The number of hydrogen-bond donors (Lipinski definition) is 1. The van der Waals surface area contributed by atoms with Crippen LogP contribution < -0.4 is 10.6 Å². The average molecular weight is 367 g/mol. The topological polar surface area (TPSA) is 115 Å². The lowest BCUT2D eigenvalue weighted by atomic mass is 10.2. The molecule has 1 fully saturated rings. The summed E-state index contributed by atoms with van der Waals surface area (Å²) in [7, 11) is 0. The van der Waals surface area contributed by atoms with Crippen LogP contribution in [0.25, 0.3) is 0 Å². The Kier molecular flexibility index (Phi) is 5.23. The minimum absolute atomic E-state index is 0.0247. The summed E-state index contributed by atoms with van der Waals surface area (Å²) in [5.74, 6) is -0.410. The van der Waals surface area contributed by atoms with E-state index < -0.39 is 0 Å². The zero-order chi connectivity index (χ0) is 19.4. The number of hydrogen-bond acceptors (Lipinski definition) is 6. The van der Waals surface area contributed by atoms with E-state index >= 15 is 0 Å². The fourth-order valence-corrected chi connectivity index (χ4v) is 3.12. The second-order valence-corrected chi connectivity index (χ2v) is 6.16. The van der Waals surface area contributed by atoms with E-state index in [2.05, 4.69) is 10.00 Å². The van der Waals surface area contributed by atoms with Crippen molar-refractivity contribution in [1.29, 1.82) is 10.5 Å². The van der Waals surface area contributed by atoms with E-state index in [1.54, 1.807) is 17.0 Å². The number of piperazine rings is 1. The van der Waals surface area contributed by atoms with Gasteiger partial charge in [0.1, 0.15) is 24.0 Å². The van der Waals surface area contributed by atoms with Crippen molar-refractivity contribution in [3.8, 4) is 12.1 Å². The van der Waals surface area contributed by atoms with E-state index in [1.807, 2.05) is 12.1 Å². The van der Waals surface area contributed by atoms with Crippen molar-refractivity contribution in [3.05, 3.63) is 41.3 Å². The van der Waals surface area contributed by atoms with E-state index in [-0.39, 0.29) is 36.1 Å². The maximum absolute atomic E-state index is 13.0. The Hall–Kier alpha value is -3.59. The number of rotatable bonds is 4. The van der Waals surface area contributed by atoms with Gasteiger partial charge in [-0.2, -0.15) is 15.6 Å². The van der Waals surface area contributed by atoms with Crippen molar-refractivity contribution >= 4 is 17.4 Å². The van der Waals surface area contributed by atoms with Crippen molar-refractivity contribution in [2.24, 2.45) is 0 Å². The molecule has 0 bridgehead atoms. The minimum atomic E-state index is -0.282. The number of halogens is 1. The first-order valence-corrected chi connectivity index (χ1v) is 8.44. The molecule has 9 heteroatoms. The number of aromatic nitrogens is 2. The molecule has 1 saturated heterocycles. The molecular weight excluding hydrogens is 349 g/mol. The molecular formula is C18H18FN7O. The summed E-state index contributed by atoms with van der Waals surface area (Å²) >= 11 is 0. The summed E-state index contributed by atoms with van der Waals surface area (Å²) in [6.07, 6.45) is -0.0429. The first kappa shape index (κ1) is 18.2. The molecule has 0 unspecified atom stereocenters. The Morgan fingerprint density at radius 3 is 2.44 bits per heavy atom. The van der Waals surface area contributed by atoms with Gasteiger partial charge in [-0.25, -0.2) is 4.39 Å².